The lowest BCUT2D eigenvalue weighted by atomic mass is 9.92. The highest BCUT2D eigenvalue weighted by Crippen LogP contribution is 2.39. The van der Waals surface area contributed by atoms with Gasteiger partial charge in [-0.1, -0.05) is 25.5 Å². The summed E-state index contributed by atoms with van der Waals surface area (Å²) in [7, 11) is 1.32. The van der Waals surface area contributed by atoms with Gasteiger partial charge in [-0.05, 0) is 54.3 Å². The lowest BCUT2D eigenvalue weighted by molar-refractivity contribution is -0.139. The number of esters is 1. The molecule has 0 saturated carbocycles. The second kappa shape index (κ2) is 12.9. The second-order valence-electron chi connectivity index (χ2n) is 10.9. The summed E-state index contributed by atoms with van der Waals surface area (Å²) in [5.74, 6) is -1.77. The molecule has 44 heavy (non-hydrogen) atoms. The fourth-order valence-corrected chi connectivity index (χ4v) is 5.75. The van der Waals surface area contributed by atoms with Gasteiger partial charge in [-0.15, -0.1) is 0 Å². The van der Waals surface area contributed by atoms with Gasteiger partial charge in [0.1, 0.15) is 18.0 Å². The van der Waals surface area contributed by atoms with Crippen molar-refractivity contribution in [2.45, 2.75) is 51.2 Å². The third-order valence-electron chi connectivity index (χ3n) is 8.15. The Kier molecular flexibility index (Phi) is 8.86. The molecule has 0 unspecified atom stereocenters. The van der Waals surface area contributed by atoms with E-state index in [2.05, 4.69) is 10.3 Å². The fraction of sp³-hybridized carbons (Fsp3) is 0.333. The zero-order valence-electron chi connectivity index (χ0n) is 24.3. The number of nitrogens with zero attached hydrogens (tertiary/aromatic N) is 4. The molecular formula is C33H30FN5O5. The van der Waals surface area contributed by atoms with Crippen LogP contribution in [0, 0.1) is 34.4 Å². The summed E-state index contributed by atoms with van der Waals surface area (Å²) >= 11 is 0. The Bertz CT molecular complexity index is 1710. The SMILES string of the molecule is COC(=O)Cc1ccc2c(c1)NC(=O)[C@H](C)CCC[C@H](N1CC[C@@H](c3c(C#N)ccc(C#N)c3F)OC1=O)c1ccnc-2c1. The van der Waals surface area contributed by atoms with Crippen LogP contribution < -0.4 is 5.32 Å². The summed E-state index contributed by atoms with van der Waals surface area (Å²) in [4.78, 5) is 44.7. The number of halogens is 1. The lowest BCUT2D eigenvalue weighted by Crippen LogP contribution is -2.42. The number of anilines is 1. The highest BCUT2D eigenvalue weighted by atomic mass is 19.1. The molecule has 2 aliphatic rings. The van der Waals surface area contributed by atoms with Crippen molar-refractivity contribution in [1.29, 1.82) is 10.5 Å². The Hall–Kier alpha value is -5.29. The molecule has 11 heteroatoms. The molecule has 2 aromatic carbocycles. The van der Waals surface area contributed by atoms with Gasteiger partial charge >= 0.3 is 12.1 Å². The third-order valence-corrected chi connectivity index (χ3v) is 8.15. The molecule has 3 atom stereocenters. The third kappa shape index (κ3) is 6.09. The second-order valence-corrected chi connectivity index (χ2v) is 10.9. The van der Waals surface area contributed by atoms with Crippen molar-refractivity contribution < 1.29 is 28.2 Å². The van der Waals surface area contributed by atoms with Crippen molar-refractivity contribution in [2.75, 3.05) is 19.0 Å². The van der Waals surface area contributed by atoms with Crippen LogP contribution in [0.5, 0.6) is 0 Å². The van der Waals surface area contributed by atoms with Gasteiger partial charge in [-0.3, -0.25) is 14.6 Å². The zero-order chi connectivity index (χ0) is 31.4. The van der Waals surface area contributed by atoms with E-state index in [0.717, 1.165) is 5.56 Å². The average Bonchev–Trinajstić information content (AvgIpc) is 3.02. The molecule has 0 aliphatic carbocycles. The molecule has 2 bridgehead atoms. The molecule has 1 aromatic heterocycles. The number of pyridine rings is 1. The summed E-state index contributed by atoms with van der Waals surface area (Å²) in [5, 5.41) is 21.8. The molecule has 0 radical (unpaired) electrons. The normalized spacial score (nSPS) is 20.0. The smallest absolute Gasteiger partial charge is 0.410 e. The topological polar surface area (TPSA) is 145 Å². The molecule has 3 aromatic rings. The van der Waals surface area contributed by atoms with Crippen LogP contribution in [0.25, 0.3) is 11.3 Å². The zero-order valence-corrected chi connectivity index (χ0v) is 24.3. The van der Waals surface area contributed by atoms with Gasteiger partial charge in [0, 0.05) is 36.2 Å². The van der Waals surface area contributed by atoms with E-state index in [9.17, 15) is 24.9 Å². The fourth-order valence-electron chi connectivity index (χ4n) is 5.75. The molecule has 5 rings (SSSR count). The van der Waals surface area contributed by atoms with Crippen LogP contribution in [0.1, 0.15) is 72.6 Å². The van der Waals surface area contributed by atoms with Crippen LogP contribution >= 0.6 is 0 Å². The number of cyclic esters (lactones) is 1. The van der Waals surface area contributed by atoms with Gasteiger partial charge in [0.15, 0.2) is 0 Å². The van der Waals surface area contributed by atoms with E-state index in [0.29, 0.717) is 41.8 Å². The van der Waals surface area contributed by atoms with E-state index >= 15 is 4.39 Å². The van der Waals surface area contributed by atoms with E-state index in [-0.39, 0.29) is 47.9 Å². The number of aromatic nitrogens is 1. The van der Waals surface area contributed by atoms with Crippen molar-refractivity contribution >= 4 is 23.7 Å². The Morgan fingerprint density at radius 2 is 1.89 bits per heavy atom. The van der Waals surface area contributed by atoms with Crippen LogP contribution in [0.15, 0.2) is 48.7 Å². The van der Waals surface area contributed by atoms with E-state index in [1.807, 2.05) is 25.1 Å². The van der Waals surface area contributed by atoms with Gasteiger partial charge in [-0.25, -0.2) is 9.18 Å². The first-order valence-electron chi connectivity index (χ1n) is 14.3. The van der Waals surface area contributed by atoms with Gasteiger partial charge < -0.3 is 19.7 Å². The predicted molar refractivity (Wildman–Crippen MR) is 156 cm³/mol. The van der Waals surface area contributed by atoms with Gasteiger partial charge in [0.05, 0.1) is 48.1 Å². The molecule has 3 heterocycles. The quantitative estimate of drug-likeness (QED) is 0.377. The van der Waals surface area contributed by atoms with Crippen LogP contribution in [0.3, 0.4) is 0 Å². The predicted octanol–water partition coefficient (Wildman–Crippen LogP) is 5.73. The number of carbonyl (C=O) groups is 3. The first-order valence-corrected chi connectivity index (χ1v) is 14.3. The van der Waals surface area contributed by atoms with E-state index in [1.54, 1.807) is 35.4 Å². The number of ether oxygens (including phenoxy) is 2. The number of rotatable bonds is 4. The molecular weight excluding hydrogens is 565 g/mol. The highest BCUT2D eigenvalue weighted by molar-refractivity contribution is 5.96. The first-order chi connectivity index (χ1) is 21.2. The average molecular weight is 596 g/mol. The minimum Gasteiger partial charge on any atom is -0.469 e. The standard InChI is InChI=1S/C33H30FN5O5/c1-19-4-3-5-27(39-13-11-28(44-33(39)42)30-22(17-35)7-8-23(18-36)31(30)34)21-10-12-37-25(16-21)24-9-6-20(15-29(40)43-2)14-26(24)38-32(19)41/h6-10,12,14,16,19,27-28H,3-5,11,13,15H2,1-2H3,(H,38,41)/t19-,27+,28+/m1/s1. The summed E-state index contributed by atoms with van der Waals surface area (Å²) < 4.78 is 25.7. The van der Waals surface area contributed by atoms with E-state index < -0.39 is 30.0 Å². The number of amides is 2. The molecule has 2 aliphatic heterocycles. The molecule has 0 spiro atoms. The molecule has 1 N–H and O–H groups in total. The molecule has 1 saturated heterocycles. The maximum absolute atomic E-state index is 15.1. The summed E-state index contributed by atoms with van der Waals surface area (Å²) in [6, 6.07) is 14.9. The number of nitriles is 2. The lowest BCUT2D eigenvalue weighted by Gasteiger charge is -2.38. The minimum absolute atomic E-state index is 0.0122. The van der Waals surface area contributed by atoms with Crippen LogP contribution in [-0.4, -0.2) is 41.5 Å². The Labute approximate surface area is 254 Å². The van der Waals surface area contributed by atoms with Crippen molar-refractivity contribution in [1.82, 2.24) is 9.88 Å². The number of hydrogen-bond donors (Lipinski definition) is 1. The highest BCUT2D eigenvalue weighted by Gasteiger charge is 2.36. The van der Waals surface area contributed by atoms with Crippen LogP contribution in [-0.2, 0) is 25.5 Å². The van der Waals surface area contributed by atoms with E-state index in [4.69, 9.17) is 9.47 Å². The van der Waals surface area contributed by atoms with Gasteiger partial charge in [0.2, 0.25) is 5.91 Å². The number of methoxy groups -OCH3 is 1. The summed E-state index contributed by atoms with van der Waals surface area (Å²) in [5.41, 5.74) is 2.91. The maximum Gasteiger partial charge on any atom is 0.410 e. The van der Waals surface area contributed by atoms with Crippen molar-refractivity contribution in [3.8, 4) is 23.4 Å². The Morgan fingerprint density at radius 1 is 1.11 bits per heavy atom. The van der Waals surface area contributed by atoms with Gasteiger partial charge in [0.25, 0.3) is 0 Å². The number of nitrogens with one attached hydrogen (secondary N) is 1. The molecule has 1 fully saturated rings. The largest absolute Gasteiger partial charge is 0.469 e. The van der Waals surface area contributed by atoms with E-state index in [1.165, 1.54) is 19.2 Å². The Morgan fingerprint density at radius 3 is 2.61 bits per heavy atom. The van der Waals surface area contributed by atoms with Crippen LogP contribution in [0.4, 0.5) is 14.9 Å². The maximum atomic E-state index is 15.1. The molecule has 224 valence electrons. The first kappa shape index (κ1) is 30.2. The van der Waals surface area contributed by atoms with Crippen molar-refractivity contribution in [3.05, 3.63) is 82.3 Å². The number of hydrogen-bond acceptors (Lipinski definition) is 8. The number of fused-ring (bicyclic) bond motifs is 4. The van der Waals surface area contributed by atoms with Crippen molar-refractivity contribution in [3.63, 3.8) is 0 Å². The van der Waals surface area contributed by atoms with Crippen LogP contribution in [0.2, 0.25) is 0 Å². The van der Waals surface area contributed by atoms with Gasteiger partial charge in [-0.2, -0.15) is 10.5 Å². The summed E-state index contributed by atoms with van der Waals surface area (Å²) in [6.45, 7) is 2.05. The number of carbonyl (C=O) groups excluding carboxylic acids is 3. The minimum atomic E-state index is -1.02. The Balaban J connectivity index is 1.49. The summed E-state index contributed by atoms with van der Waals surface area (Å²) in [6.07, 6.45) is 1.93. The number of benzene rings is 2. The van der Waals surface area contributed by atoms with Crippen molar-refractivity contribution in [2.24, 2.45) is 5.92 Å². The molecule has 2 amide bonds. The monoisotopic (exact) mass is 595 g/mol. The molecule has 10 nitrogen and oxygen atoms in total.